The molecule has 1 aliphatic rings. The fourth-order valence-corrected chi connectivity index (χ4v) is 4.60. The normalized spacial score (nSPS) is 16.4. The SMILES string of the molecule is COc1ccc(S(=O)(=O)NCC(c2cccn2C)N2CCCC2)cc1OC. The number of hydrogen-bond acceptors (Lipinski definition) is 5. The van der Waals surface area contributed by atoms with Crippen LogP contribution in [0, 0.1) is 0 Å². The van der Waals surface area contributed by atoms with Crippen LogP contribution in [0.3, 0.4) is 0 Å². The molecule has 0 saturated carbocycles. The summed E-state index contributed by atoms with van der Waals surface area (Å²) < 4.78 is 40.9. The molecule has 1 aromatic carbocycles. The zero-order valence-corrected chi connectivity index (χ0v) is 16.8. The molecule has 1 aromatic heterocycles. The molecule has 1 aliphatic heterocycles. The maximum Gasteiger partial charge on any atom is 0.240 e. The van der Waals surface area contributed by atoms with Crippen molar-refractivity contribution >= 4 is 10.0 Å². The molecule has 1 fully saturated rings. The molecule has 7 nitrogen and oxygen atoms in total. The molecule has 148 valence electrons. The molecule has 1 N–H and O–H groups in total. The minimum atomic E-state index is -3.67. The minimum Gasteiger partial charge on any atom is -0.493 e. The Bertz CT molecular complexity index is 873. The molecule has 2 heterocycles. The van der Waals surface area contributed by atoms with Gasteiger partial charge < -0.3 is 14.0 Å². The van der Waals surface area contributed by atoms with Crippen LogP contribution in [0.2, 0.25) is 0 Å². The molecule has 3 rings (SSSR count). The van der Waals surface area contributed by atoms with Crippen molar-refractivity contribution in [2.45, 2.75) is 23.8 Å². The highest BCUT2D eigenvalue weighted by atomic mass is 32.2. The van der Waals surface area contributed by atoms with Gasteiger partial charge in [-0.1, -0.05) is 0 Å². The van der Waals surface area contributed by atoms with E-state index < -0.39 is 10.0 Å². The van der Waals surface area contributed by atoms with Gasteiger partial charge in [-0.25, -0.2) is 13.1 Å². The van der Waals surface area contributed by atoms with Crippen molar-refractivity contribution in [1.82, 2.24) is 14.2 Å². The maximum atomic E-state index is 12.8. The van der Waals surface area contributed by atoms with Gasteiger partial charge >= 0.3 is 0 Å². The summed E-state index contributed by atoms with van der Waals surface area (Å²) in [6.07, 6.45) is 4.27. The average molecular weight is 394 g/mol. The first kappa shape index (κ1) is 19.7. The Morgan fingerprint density at radius 3 is 2.41 bits per heavy atom. The summed E-state index contributed by atoms with van der Waals surface area (Å²) in [6, 6.07) is 8.64. The Kier molecular flexibility index (Phi) is 6.08. The first-order chi connectivity index (χ1) is 13.0. The van der Waals surface area contributed by atoms with Crippen molar-refractivity contribution in [2.24, 2.45) is 7.05 Å². The van der Waals surface area contributed by atoms with E-state index in [-0.39, 0.29) is 10.9 Å². The standard InChI is InChI=1S/C19H27N3O4S/c1-21-10-6-7-16(21)17(22-11-4-5-12-22)14-20-27(23,24)15-8-9-18(25-2)19(13-15)26-3/h6-10,13,17,20H,4-5,11-12,14H2,1-3H3. The van der Waals surface area contributed by atoms with Crippen molar-refractivity contribution in [3.8, 4) is 11.5 Å². The molecule has 27 heavy (non-hydrogen) atoms. The van der Waals surface area contributed by atoms with Gasteiger partial charge in [0.05, 0.1) is 25.2 Å². The van der Waals surface area contributed by atoms with Gasteiger partial charge in [0.1, 0.15) is 0 Å². The van der Waals surface area contributed by atoms with E-state index in [1.165, 1.54) is 26.4 Å². The van der Waals surface area contributed by atoms with Crippen LogP contribution in [-0.4, -0.2) is 51.7 Å². The molecule has 0 aliphatic carbocycles. The largest absolute Gasteiger partial charge is 0.493 e. The lowest BCUT2D eigenvalue weighted by Gasteiger charge is -2.28. The zero-order chi connectivity index (χ0) is 19.4. The molecule has 0 spiro atoms. The monoisotopic (exact) mass is 393 g/mol. The van der Waals surface area contributed by atoms with E-state index in [0.717, 1.165) is 31.6 Å². The lowest BCUT2D eigenvalue weighted by molar-refractivity contribution is 0.238. The predicted octanol–water partition coefficient (Wildman–Crippen LogP) is 2.16. The average Bonchev–Trinajstić information content (AvgIpc) is 3.34. The van der Waals surface area contributed by atoms with Crippen LogP contribution < -0.4 is 14.2 Å². The van der Waals surface area contributed by atoms with Crippen molar-refractivity contribution in [2.75, 3.05) is 33.9 Å². The van der Waals surface area contributed by atoms with Crippen molar-refractivity contribution in [3.63, 3.8) is 0 Å². The van der Waals surface area contributed by atoms with E-state index in [1.54, 1.807) is 6.07 Å². The van der Waals surface area contributed by atoms with E-state index >= 15 is 0 Å². The summed E-state index contributed by atoms with van der Waals surface area (Å²) in [5.41, 5.74) is 1.10. The Morgan fingerprint density at radius 1 is 1.11 bits per heavy atom. The van der Waals surface area contributed by atoms with Crippen LogP contribution in [0.4, 0.5) is 0 Å². The third-order valence-corrected chi connectivity index (χ3v) is 6.46. The zero-order valence-electron chi connectivity index (χ0n) is 16.0. The number of nitrogens with zero attached hydrogens (tertiary/aromatic N) is 2. The van der Waals surface area contributed by atoms with Crippen LogP contribution >= 0.6 is 0 Å². The fourth-order valence-electron chi connectivity index (χ4n) is 3.55. The minimum absolute atomic E-state index is 0.00224. The van der Waals surface area contributed by atoms with Crippen LogP contribution in [0.1, 0.15) is 24.6 Å². The van der Waals surface area contributed by atoms with Crippen molar-refractivity contribution < 1.29 is 17.9 Å². The number of likely N-dealkylation sites (tertiary alicyclic amines) is 1. The number of nitrogens with one attached hydrogen (secondary N) is 1. The van der Waals surface area contributed by atoms with Crippen molar-refractivity contribution in [1.29, 1.82) is 0 Å². The highest BCUT2D eigenvalue weighted by Gasteiger charge is 2.27. The van der Waals surface area contributed by atoms with E-state index in [0.29, 0.717) is 18.0 Å². The van der Waals surface area contributed by atoms with Gasteiger partial charge in [0.2, 0.25) is 10.0 Å². The Morgan fingerprint density at radius 2 is 1.81 bits per heavy atom. The molecule has 8 heteroatoms. The fraction of sp³-hybridized carbons (Fsp3) is 0.474. The number of aryl methyl sites for hydroxylation is 1. The van der Waals surface area contributed by atoms with Crippen LogP contribution in [0.25, 0.3) is 0 Å². The molecule has 0 radical (unpaired) electrons. The summed E-state index contributed by atoms with van der Waals surface area (Å²) in [5, 5.41) is 0. The maximum absolute atomic E-state index is 12.8. The van der Waals surface area contributed by atoms with Gasteiger partial charge in [-0.05, 0) is 50.2 Å². The second kappa shape index (κ2) is 8.33. The van der Waals surface area contributed by atoms with Crippen LogP contribution in [0.15, 0.2) is 41.4 Å². The van der Waals surface area contributed by atoms with Gasteiger partial charge in [0.25, 0.3) is 0 Å². The highest BCUT2D eigenvalue weighted by molar-refractivity contribution is 7.89. The third-order valence-electron chi connectivity index (χ3n) is 5.04. The Labute approximate surface area is 160 Å². The molecule has 1 saturated heterocycles. The number of benzene rings is 1. The molecule has 1 atom stereocenters. The smallest absolute Gasteiger partial charge is 0.240 e. The van der Waals surface area contributed by atoms with Crippen LogP contribution in [-0.2, 0) is 17.1 Å². The summed E-state index contributed by atoms with van der Waals surface area (Å²) >= 11 is 0. The first-order valence-corrected chi connectivity index (χ1v) is 10.5. The third kappa shape index (κ3) is 4.28. The lowest BCUT2D eigenvalue weighted by Crippen LogP contribution is -2.37. The van der Waals surface area contributed by atoms with Gasteiger partial charge in [0, 0.05) is 31.5 Å². The summed E-state index contributed by atoms with van der Waals surface area (Å²) in [6.45, 7) is 2.27. The van der Waals surface area contributed by atoms with E-state index in [9.17, 15) is 8.42 Å². The highest BCUT2D eigenvalue weighted by Crippen LogP contribution is 2.30. The summed E-state index contributed by atoms with van der Waals surface area (Å²) in [7, 11) is 1.32. The molecule has 0 bridgehead atoms. The number of aromatic nitrogens is 1. The number of methoxy groups -OCH3 is 2. The lowest BCUT2D eigenvalue weighted by atomic mass is 10.2. The number of rotatable bonds is 8. The quantitative estimate of drug-likeness (QED) is 0.744. The first-order valence-electron chi connectivity index (χ1n) is 9.03. The molecule has 2 aromatic rings. The van der Waals surface area contributed by atoms with Gasteiger partial charge in [0.15, 0.2) is 11.5 Å². The van der Waals surface area contributed by atoms with Crippen molar-refractivity contribution in [3.05, 3.63) is 42.2 Å². The molecule has 1 unspecified atom stereocenters. The second-order valence-electron chi connectivity index (χ2n) is 6.67. The predicted molar refractivity (Wildman–Crippen MR) is 104 cm³/mol. The molecule has 0 amide bonds. The second-order valence-corrected chi connectivity index (χ2v) is 8.44. The number of ether oxygens (including phenoxy) is 2. The van der Waals surface area contributed by atoms with Gasteiger partial charge in [-0.2, -0.15) is 0 Å². The van der Waals surface area contributed by atoms with E-state index in [1.807, 2.05) is 29.9 Å². The molecular formula is C19H27N3O4S. The Hall–Kier alpha value is -2.03. The van der Waals surface area contributed by atoms with E-state index in [4.69, 9.17) is 9.47 Å². The summed E-state index contributed by atoms with van der Waals surface area (Å²) in [5.74, 6) is 0.883. The van der Waals surface area contributed by atoms with Gasteiger partial charge in [-0.3, -0.25) is 4.90 Å². The topological polar surface area (TPSA) is 72.8 Å². The number of hydrogen-bond donors (Lipinski definition) is 1. The summed E-state index contributed by atoms with van der Waals surface area (Å²) in [4.78, 5) is 2.50. The molecular weight excluding hydrogens is 366 g/mol. The van der Waals surface area contributed by atoms with Crippen LogP contribution in [0.5, 0.6) is 11.5 Å². The Balaban J connectivity index is 1.81. The van der Waals surface area contributed by atoms with E-state index in [2.05, 4.69) is 9.62 Å². The number of sulfonamides is 1. The van der Waals surface area contributed by atoms with Gasteiger partial charge in [-0.15, -0.1) is 0 Å².